The van der Waals surface area contributed by atoms with E-state index in [1.54, 1.807) is 0 Å². The Bertz CT molecular complexity index is 352. The molecule has 0 aliphatic rings. The Morgan fingerprint density at radius 3 is 0.867 bits per heavy atom. The molecule has 4 heteroatoms. The molecule has 0 aromatic rings. The van der Waals surface area contributed by atoms with Crippen LogP contribution < -0.4 is 5.73 Å². The summed E-state index contributed by atoms with van der Waals surface area (Å²) in [5, 5.41) is 0.319. The van der Waals surface area contributed by atoms with Crippen LogP contribution in [0, 0.1) is 0 Å². The monoisotopic (exact) mass is 455 g/mol. The first kappa shape index (κ1) is 29.9. The highest BCUT2D eigenvalue weighted by molar-refractivity contribution is 7.03. The molecule has 0 unspecified atom stereocenters. The molecule has 0 aliphatic heterocycles. The summed E-state index contributed by atoms with van der Waals surface area (Å²) < 4.78 is 0. The highest BCUT2D eigenvalue weighted by Crippen LogP contribution is 2.49. The zero-order valence-corrected chi connectivity index (χ0v) is 23.8. The van der Waals surface area contributed by atoms with Crippen molar-refractivity contribution < 1.29 is 4.79 Å². The van der Waals surface area contributed by atoms with Crippen molar-refractivity contribution in [1.82, 2.24) is 0 Å². The second-order valence-electron chi connectivity index (χ2n) is 10.2. The SMILES string of the molecule is CCCC[Si](CCCC)(CCCC)C(C(N)=O)[Si](CCCC)(CCCC)CCCC. The van der Waals surface area contributed by atoms with Crippen LogP contribution in [-0.2, 0) is 4.79 Å². The number of rotatable bonds is 21. The molecular weight excluding hydrogens is 398 g/mol. The van der Waals surface area contributed by atoms with Crippen LogP contribution in [0.5, 0.6) is 0 Å². The van der Waals surface area contributed by atoms with E-state index in [9.17, 15) is 4.79 Å². The predicted molar refractivity (Wildman–Crippen MR) is 143 cm³/mol. The van der Waals surface area contributed by atoms with Crippen molar-refractivity contribution in [2.24, 2.45) is 5.73 Å². The number of nitrogens with two attached hydrogens (primary N) is 1. The maximum atomic E-state index is 13.5. The Balaban J connectivity index is 6.50. The molecule has 0 aliphatic carbocycles. The number of unbranched alkanes of at least 4 members (excludes halogenated alkanes) is 6. The normalized spacial score (nSPS) is 12.6. The fraction of sp³-hybridized carbons (Fsp3) is 0.962. The maximum Gasteiger partial charge on any atom is 0.215 e. The Labute approximate surface area is 192 Å². The Kier molecular flexibility index (Phi) is 17.4. The molecule has 1 amide bonds. The predicted octanol–water partition coefficient (Wildman–Crippen LogP) is 9.08. The van der Waals surface area contributed by atoms with E-state index in [1.807, 2.05) is 0 Å². The van der Waals surface area contributed by atoms with Crippen LogP contribution in [0.2, 0.25) is 41.4 Å². The molecule has 0 saturated heterocycles. The fourth-order valence-corrected chi connectivity index (χ4v) is 24.6. The van der Waals surface area contributed by atoms with Gasteiger partial charge in [-0.1, -0.05) is 155 Å². The van der Waals surface area contributed by atoms with Gasteiger partial charge in [-0.3, -0.25) is 4.79 Å². The van der Waals surface area contributed by atoms with Crippen LogP contribution in [0.25, 0.3) is 0 Å². The highest BCUT2D eigenvalue weighted by Gasteiger charge is 2.53. The van der Waals surface area contributed by atoms with Crippen LogP contribution in [-0.4, -0.2) is 22.1 Å². The van der Waals surface area contributed by atoms with Crippen molar-refractivity contribution in [1.29, 1.82) is 0 Å². The molecular formula is C26H57NOSi2. The van der Waals surface area contributed by atoms with E-state index >= 15 is 0 Å². The van der Waals surface area contributed by atoms with Crippen molar-refractivity contribution in [3.8, 4) is 0 Å². The number of amides is 1. The summed E-state index contributed by atoms with van der Waals surface area (Å²) in [5.41, 5.74) is 6.47. The first-order valence-electron chi connectivity index (χ1n) is 13.7. The van der Waals surface area contributed by atoms with Crippen LogP contribution in [0.4, 0.5) is 0 Å². The van der Waals surface area contributed by atoms with Gasteiger partial charge in [-0.25, -0.2) is 0 Å². The number of carbonyl (C=O) groups is 1. The van der Waals surface area contributed by atoms with E-state index in [2.05, 4.69) is 41.5 Å². The number of hydrogen-bond acceptors (Lipinski definition) is 1. The van der Waals surface area contributed by atoms with Crippen LogP contribution >= 0.6 is 0 Å². The summed E-state index contributed by atoms with van der Waals surface area (Å²) in [6, 6.07) is 8.14. The minimum atomic E-state index is -1.75. The van der Waals surface area contributed by atoms with Crippen molar-refractivity contribution in [3.63, 3.8) is 0 Å². The Morgan fingerprint density at radius 1 is 0.533 bits per heavy atom. The average molecular weight is 456 g/mol. The zero-order valence-electron chi connectivity index (χ0n) is 21.8. The number of carbonyl (C=O) groups excluding carboxylic acids is 1. The lowest BCUT2D eigenvalue weighted by Gasteiger charge is -2.49. The lowest BCUT2D eigenvalue weighted by Crippen LogP contribution is -2.59. The van der Waals surface area contributed by atoms with Gasteiger partial charge < -0.3 is 5.73 Å². The molecule has 0 spiro atoms. The molecule has 0 rings (SSSR count). The smallest absolute Gasteiger partial charge is 0.215 e. The summed E-state index contributed by atoms with van der Waals surface area (Å²) in [6.45, 7) is 14.0. The van der Waals surface area contributed by atoms with Gasteiger partial charge in [0, 0.05) is 5.16 Å². The summed E-state index contributed by atoms with van der Waals surface area (Å²) in [5.74, 6) is 0.139. The van der Waals surface area contributed by atoms with Crippen molar-refractivity contribution in [3.05, 3.63) is 0 Å². The summed E-state index contributed by atoms with van der Waals surface area (Å²) in [6.07, 6.45) is 15.4. The molecule has 0 aromatic heterocycles. The van der Waals surface area contributed by atoms with Gasteiger partial charge in [0.1, 0.15) is 0 Å². The van der Waals surface area contributed by atoms with Crippen molar-refractivity contribution >= 4 is 22.1 Å². The molecule has 0 fully saturated rings. The maximum absolute atomic E-state index is 13.5. The molecule has 0 radical (unpaired) electrons. The van der Waals surface area contributed by atoms with Gasteiger partial charge in [-0.2, -0.15) is 0 Å². The third-order valence-electron chi connectivity index (χ3n) is 7.68. The van der Waals surface area contributed by atoms with E-state index in [0.717, 1.165) is 0 Å². The van der Waals surface area contributed by atoms with Crippen LogP contribution in [0.3, 0.4) is 0 Å². The number of primary amides is 1. The van der Waals surface area contributed by atoms with Gasteiger partial charge in [-0.15, -0.1) is 0 Å². The van der Waals surface area contributed by atoms with Crippen LogP contribution in [0.1, 0.15) is 119 Å². The van der Waals surface area contributed by atoms with E-state index in [0.29, 0.717) is 5.16 Å². The summed E-state index contributed by atoms with van der Waals surface area (Å²) in [4.78, 5) is 13.5. The molecule has 0 aromatic carbocycles. The molecule has 0 heterocycles. The third kappa shape index (κ3) is 9.59. The van der Waals surface area contributed by atoms with Crippen molar-refractivity contribution in [2.75, 3.05) is 0 Å². The van der Waals surface area contributed by atoms with E-state index in [-0.39, 0.29) is 5.91 Å². The van der Waals surface area contributed by atoms with Gasteiger partial charge >= 0.3 is 0 Å². The van der Waals surface area contributed by atoms with Gasteiger partial charge in [0.05, 0.1) is 16.1 Å². The standard InChI is InChI=1S/C26H57NOSi2/c1-7-13-19-29(20-14-8-2,21-15-9-3)26(25(27)28)30(22-16-10-4,23-17-11-5)24-18-12-6/h26H,7-24H2,1-6H3,(H2,27,28). The minimum Gasteiger partial charge on any atom is -0.370 e. The van der Waals surface area contributed by atoms with Crippen molar-refractivity contribution in [2.45, 2.75) is 160 Å². The lowest BCUT2D eigenvalue weighted by molar-refractivity contribution is -0.116. The molecule has 0 atom stereocenters. The molecule has 180 valence electrons. The van der Waals surface area contributed by atoms with E-state index in [4.69, 9.17) is 5.73 Å². The summed E-state index contributed by atoms with van der Waals surface area (Å²) in [7, 11) is -3.50. The quantitative estimate of drug-likeness (QED) is 0.172. The topological polar surface area (TPSA) is 43.1 Å². The fourth-order valence-electron chi connectivity index (χ4n) is 6.04. The molecule has 0 bridgehead atoms. The number of hydrogen-bond donors (Lipinski definition) is 1. The third-order valence-corrected chi connectivity index (χ3v) is 22.5. The Morgan fingerprint density at radius 2 is 0.733 bits per heavy atom. The van der Waals surface area contributed by atoms with Gasteiger partial charge in [0.15, 0.2) is 0 Å². The zero-order chi connectivity index (χ0) is 22.9. The highest BCUT2D eigenvalue weighted by atomic mass is 28.4. The first-order chi connectivity index (χ1) is 14.4. The van der Waals surface area contributed by atoms with E-state index < -0.39 is 16.1 Å². The largest absolute Gasteiger partial charge is 0.370 e. The summed E-state index contributed by atoms with van der Waals surface area (Å²) >= 11 is 0. The molecule has 30 heavy (non-hydrogen) atoms. The van der Waals surface area contributed by atoms with E-state index in [1.165, 1.54) is 113 Å². The second-order valence-corrected chi connectivity index (χ2v) is 20.4. The minimum absolute atomic E-state index is 0.139. The molecule has 0 saturated carbocycles. The average Bonchev–Trinajstić information content (AvgIpc) is 2.74. The lowest BCUT2D eigenvalue weighted by atomic mass is 10.4. The Hall–Kier alpha value is -0.0962. The van der Waals surface area contributed by atoms with Crippen LogP contribution in [0.15, 0.2) is 0 Å². The van der Waals surface area contributed by atoms with Gasteiger partial charge in [0.2, 0.25) is 5.91 Å². The van der Waals surface area contributed by atoms with Gasteiger partial charge in [-0.05, 0) is 0 Å². The molecule has 2 N–H and O–H groups in total. The first-order valence-corrected chi connectivity index (χ1v) is 19.1. The molecule has 2 nitrogen and oxygen atoms in total. The van der Waals surface area contributed by atoms with Gasteiger partial charge in [0.25, 0.3) is 0 Å². The second kappa shape index (κ2) is 17.5.